The molecule has 1 aliphatic heterocycles. The lowest BCUT2D eigenvalue weighted by Gasteiger charge is -2.26. The van der Waals surface area contributed by atoms with Gasteiger partial charge in [0.2, 0.25) is 11.9 Å². The highest BCUT2D eigenvalue weighted by Crippen LogP contribution is 2.34. The lowest BCUT2D eigenvalue weighted by molar-refractivity contribution is 0.0357. The second-order valence-electron chi connectivity index (χ2n) is 7.73. The van der Waals surface area contributed by atoms with Gasteiger partial charge in [0.15, 0.2) is 11.5 Å². The van der Waals surface area contributed by atoms with E-state index in [9.17, 15) is 9.59 Å². The molecule has 0 aliphatic carbocycles. The number of methoxy groups -OCH3 is 1. The highest BCUT2D eigenvalue weighted by molar-refractivity contribution is 6.03. The molecule has 180 valence electrons. The number of fused-ring (bicyclic) bond motifs is 1. The number of nitrogen functional groups attached to an aromatic ring is 1. The number of carbonyl (C=O) groups is 1. The second kappa shape index (κ2) is 10.4. The molecule has 3 aromatic rings. The van der Waals surface area contributed by atoms with E-state index in [1.807, 2.05) is 0 Å². The summed E-state index contributed by atoms with van der Waals surface area (Å²) in [6.45, 7) is 4.73. The Morgan fingerprint density at radius 1 is 1.24 bits per heavy atom. The molecule has 1 fully saturated rings. The Morgan fingerprint density at radius 2 is 1.97 bits per heavy atom. The molecule has 1 aromatic carbocycles. The number of hydrogen-bond acceptors (Lipinski definition) is 10. The third kappa shape index (κ3) is 5.07. The van der Waals surface area contributed by atoms with Gasteiger partial charge >= 0.3 is 0 Å². The highest BCUT2D eigenvalue weighted by Gasteiger charge is 2.19. The minimum Gasteiger partial charge on any atom is -0.491 e. The van der Waals surface area contributed by atoms with Crippen LogP contribution in [0.15, 0.2) is 29.3 Å². The molecule has 1 saturated heterocycles. The molecule has 1 amide bonds. The fourth-order valence-corrected chi connectivity index (χ4v) is 3.64. The maximum atomic E-state index is 12.9. The van der Waals surface area contributed by atoms with Gasteiger partial charge in [-0.15, -0.1) is 0 Å². The van der Waals surface area contributed by atoms with Crippen molar-refractivity contribution in [2.24, 2.45) is 7.05 Å². The van der Waals surface area contributed by atoms with Gasteiger partial charge in [-0.3, -0.25) is 24.4 Å². The van der Waals surface area contributed by atoms with Crippen LogP contribution in [0, 0.1) is 0 Å². The zero-order valence-corrected chi connectivity index (χ0v) is 19.1. The number of carbonyl (C=O) groups excluding carboxylic acids is 1. The Hall–Kier alpha value is -3.77. The van der Waals surface area contributed by atoms with E-state index in [2.05, 4.69) is 25.2 Å². The maximum Gasteiger partial charge on any atom is 0.262 e. The molecule has 3 heterocycles. The van der Waals surface area contributed by atoms with Crippen molar-refractivity contribution in [1.82, 2.24) is 24.4 Å². The number of nitrogens with two attached hydrogens (primary N) is 1. The Balaban J connectivity index is 1.55. The highest BCUT2D eigenvalue weighted by atomic mass is 16.5. The van der Waals surface area contributed by atoms with Gasteiger partial charge in [0.1, 0.15) is 5.52 Å². The first-order valence-corrected chi connectivity index (χ1v) is 10.9. The van der Waals surface area contributed by atoms with E-state index in [1.165, 1.54) is 31.1 Å². The van der Waals surface area contributed by atoms with Crippen molar-refractivity contribution in [2.75, 3.05) is 57.6 Å². The molecule has 0 atom stereocenters. The van der Waals surface area contributed by atoms with Crippen LogP contribution in [0.3, 0.4) is 0 Å². The van der Waals surface area contributed by atoms with Crippen LogP contribution in [0.1, 0.15) is 16.8 Å². The van der Waals surface area contributed by atoms with Crippen LogP contribution in [0.2, 0.25) is 0 Å². The summed E-state index contributed by atoms with van der Waals surface area (Å²) in [7, 11) is 3.00. The van der Waals surface area contributed by atoms with Crippen molar-refractivity contribution < 1.29 is 19.0 Å². The molecule has 0 spiro atoms. The maximum absolute atomic E-state index is 12.9. The molecule has 12 nitrogen and oxygen atoms in total. The van der Waals surface area contributed by atoms with Gasteiger partial charge in [-0.2, -0.15) is 0 Å². The van der Waals surface area contributed by atoms with Crippen LogP contribution in [-0.2, 0) is 11.8 Å². The quantitative estimate of drug-likeness (QED) is 0.451. The SMILES string of the molecule is COc1c(OCCCN2CCOCC2)ccc2c(=O)n(C)c(NC(=O)c3cnc(N)nc3)nc12. The fraction of sp³-hybridized carbons (Fsp3) is 0.409. The summed E-state index contributed by atoms with van der Waals surface area (Å²) < 4.78 is 18.1. The number of ether oxygens (including phenoxy) is 3. The van der Waals surface area contributed by atoms with Crippen LogP contribution < -0.4 is 26.1 Å². The summed E-state index contributed by atoms with van der Waals surface area (Å²) >= 11 is 0. The van der Waals surface area contributed by atoms with Crippen LogP contribution in [0.5, 0.6) is 11.5 Å². The summed E-state index contributed by atoms with van der Waals surface area (Å²) in [4.78, 5) is 40.0. The molecule has 1 aliphatic rings. The van der Waals surface area contributed by atoms with Crippen molar-refractivity contribution in [2.45, 2.75) is 6.42 Å². The second-order valence-corrected chi connectivity index (χ2v) is 7.73. The summed E-state index contributed by atoms with van der Waals surface area (Å²) in [6, 6.07) is 3.34. The predicted octanol–water partition coefficient (Wildman–Crippen LogP) is 0.668. The molecule has 34 heavy (non-hydrogen) atoms. The molecule has 0 saturated carbocycles. The van der Waals surface area contributed by atoms with Gasteiger partial charge in [-0.05, 0) is 18.6 Å². The third-order valence-electron chi connectivity index (χ3n) is 5.51. The number of aromatic nitrogens is 4. The van der Waals surface area contributed by atoms with Crippen molar-refractivity contribution in [3.8, 4) is 11.5 Å². The smallest absolute Gasteiger partial charge is 0.262 e. The van der Waals surface area contributed by atoms with Gasteiger partial charge < -0.3 is 19.9 Å². The van der Waals surface area contributed by atoms with Gasteiger partial charge in [0, 0.05) is 39.1 Å². The van der Waals surface area contributed by atoms with Crippen LogP contribution in [-0.4, -0.2) is 76.9 Å². The van der Waals surface area contributed by atoms with Crippen molar-refractivity contribution in [3.63, 3.8) is 0 Å². The topological polar surface area (TPSA) is 147 Å². The molecule has 3 N–H and O–H groups in total. The monoisotopic (exact) mass is 469 g/mol. The normalized spacial score (nSPS) is 14.2. The number of benzene rings is 1. The zero-order valence-electron chi connectivity index (χ0n) is 19.1. The van der Waals surface area contributed by atoms with E-state index in [0.717, 1.165) is 39.3 Å². The van der Waals surface area contributed by atoms with Crippen LogP contribution in [0.25, 0.3) is 10.9 Å². The summed E-state index contributed by atoms with van der Waals surface area (Å²) in [5.74, 6) is 0.364. The van der Waals surface area contributed by atoms with Gasteiger partial charge in [-0.1, -0.05) is 0 Å². The van der Waals surface area contributed by atoms with E-state index in [1.54, 1.807) is 12.1 Å². The first-order chi connectivity index (χ1) is 16.5. The summed E-state index contributed by atoms with van der Waals surface area (Å²) in [5, 5.41) is 2.96. The van der Waals surface area contributed by atoms with Crippen molar-refractivity contribution in [3.05, 3.63) is 40.4 Å². The number of rotatable bonds is 8. The van der Waals surface area contributed by atoms with Gasteiger partial charge in [0.05, 0.1) is 37.9 Å². The molecule has 0 radical (unpaired) electrons. The molecule has 0 unspecified atom stereocenters. The zero-order chi connectivity index (χ0) is 24.1. The molecule has 4 rings (SSSR count). The minimum atomic E-state index is -0.531. The number of anilines is 2. The van der Waals surface area contributed by atoms with Crippen LogP contribution >= 0.6 is 0 Å². The lowest BCUT2D eigenvalue weighted by Crippen LogP contribution is -2.37. The third-order valence-corrected chi connectivity index (χ3v) is 5.51. The Bertz CT molecular complexity index is 1220. The number of nitrogens with zero attached hydrogens (tertiary/aromatic N) is 5. The van der Waals surface area contributed by atoms with Crippen LogP contribution in [0.4, 0.5) is 11.9 Å². The summed E-state index contributed by atoms with van der Waals surface area (Å²) in [5.41, 5.74) is 5.59. The minimum absolute atomic E-state index is 0.0436. The van der Waals surface area contributed by atoms with Gasteiger partial charge in [0.25, 0.3) is 11.5 Å². The first kappa shape index (κ1) is 23.4. The van der Waals surface area contributed by atoms with E-state index in [0.29, 0.717) is 29.0 Å². The Kier molecular flexibility index (Phi) is 7.18. The summed E-state index contributed by atoms with van der Waals surface area (Å²) in [6.07, 6.45) is 3.41. The number of nitrogens with one attached hydrogen (secondary N) is 1. The number of amides is 1. The molecule has 0 bridgehead atoms. The first-order valence-electron chi connectivity index (χ1n) is 10.9. The van der Waals surface area contributed by atoms with Crippen molar-refractivity contribution >= 4 is 28.7 Å². The average molecular weight is 470 g/mol. The molecule has 2 aromatic heterocycles. The Labute approximate surface area is 195 Å². The van der Waals surface area contributed by atoms with E-state index < -0.39 is 5.91 Å². The molecular formula is C22H27N7O5. The lowest BCUT2D eigenvalue weighted by atomic mass is 10.2. The Morgan fingerprint density at radius 3 is 2.68 bits per heavy atom. The van der Waals surface area contributed by atoms with E-state index in [4.69, 9.17) is 19.9 Å². The number of hydrogen-bond donors (Lipinski definition) is 2. The standard InChI is InChI=1S/C22H27N7O5/c1-28-20(31)15-4-5-16(34-9-3-6-29-7-10-33-11-8-29)18(32-2)17(15)26-22(28)27-19(30)14-12-24-21(23)25-13-14/h4-5,12-13H,3,6-11H2,1-2H3,(H2,23,24,25)(H,26,27,30). The van der Waals surface area contributed by atoms with E-state index >= 15 is 0 Å². The molecular weight excluding hydrogens is 442 g/mol. The largest absolute Gasteiger partial charge is 0.491 e. The number of morpholine rings is 1. The molecule has 12 heteroatoms. The predicted molar refractivity (Wildman–Crippen MR) is 125 cm³/mol. The van der Waals surface area contributed by atoms with E-state index in [-0.39, 0.29) is 23.0 Å². The average Bonchev–Trinajstić information content (AvgIpc) is 2.85. The fourth-order valence-electron chi connectivity index (χ4n) is 3.64. The van der Waals surface area contributed by atoms with Gasteiger partial charge in [-0.25, -0.2) is 15.0 Å². The van der Waals surface area contributed by atoms with Crippen molar-refractivity contribution in [1.29, 1.82) is 0 Å².